The SMILES string of the molecule is CC(C)(C)OC(=O)N1CCC(Oc2ncccc2C(F)(F)F)CC1. The van der Waals surface area contributed by atoms with Gasteiger partial charge in [0.25, 0.3) is 0 Å². The molecular weight excluding hydrogens is 325 g/mol. The minimum Gasteiger partial charge on any atom is -0.474 e. The zero-order chi connectivity index (χ0) is 18.0. The minimum atomic E-state index is -4.51. The highest BCUT2D eigenvalue weighted by Gasteiger charge is 2.36. The van der Waals surface area contributed by atoms with Gasteiger partial charge in [-0.15, -0.1) is 0 Å². The quantitative estimate of drug-likeness (QED) is 0.815. The summed E-state index contributed by atoms with van der Waals surface area (Å²) >= 11 is 0. The summed E-state index contributed by atoms with van der Waals surface area (Å²) < 4.78 is 49.5. The number of ether oxygens (including phenoxy) is 2. The Morgan fingerprint density at radius 2 is 1.88 bits per heavy atom. The van der Waals surface area contributed by atoms with Crippen molar-refractivity contribution in [1.82, 2.24) is 9.88 Å². The van der Waals surface area contributed by atoms with E-state index >= 15 is 0 Å². The van der Waals surface area contributed by atoms with Crippen LogP contribution in [0.25, 0.3) is 0 Å². The lowest BCUT2D eigenvalue weighted by molar-refractivity contribution is -0.139. The first-order chi connectivity index (χ1) is 11.1. The number of carbonyl (C=O) groups excluding carboxylic acids is 1. The van der Waals surface area contributed by atoms with Crippen molar-refractivity contribution in [3.05, 3.63) is 23.9 Å². The number of rotatable bonds is 2. The summed E-state index contributed by atoms with van der Waals surface area (Å²) in [6.07, 6.45) is -3.24. The van der Waals surface area contributed by atoms with Crippen LogP contribution in [-0.2, 0) is 10.9 Å². The third-order valence-corrected chi connectivity index (χ3v) is 3.45. The summed E-state index contributed by atoms with van der Waals surface area (Å²) in [5.74, 6) is -0.416. The molecule has 134 valence electrons. The van der Waals surface area contributed by atoms with Gasteiger partial charge < -0.3 is 14.4 Å². The number of amides is 1. The molecule has 1 aromatic rings. The average molecular weight is 346 g/mol. The van der Waals surface area contributed by atoms with E-state index in [1.807, 2.05) is 0 Å². The molecule has 1 aliphatic rings. The summed E-state index contributed by atoms with van der Waals surface area (Å²) in [6, 6.07) is 2.17. The average Bonchev–Trinajstić information content (AvgIpc) is 2.45. The van der Waals surface area contributed by atoms with Crippen LogP contribution < -0.4 is 4.74 Å². The normalized spacial score (nSPS) is 16.8. The molecule has 2 heterocycles. The summed E-state index contributed by atoms with van der Waals surface area (Å²) in [5, 5.41) is 0. The van der Waals surface area contributed by atoms with Gasteiger partial charge in [-0.1, -0.05) is 0 Å². The zero-order valence-electron chi connectivity index (χ0n) is 13.9. The molecule has 2 rings (SSSR count). The van der Waals surface area contributed by atoms with Crippen molar-refractivity contribution in [3.8, 4) is 5.88 Å². The summed E-state index contributed by atoms with van der Waals surface area (Å²) in [7, 11) is 0. The van der Waals surface area contributed by atoms with Crippen molar-refractivity contribution in [2.24, 2.45) is 0 Å². The number of pyridine rings is 1. The van der Waals surface area contributed by atoms with Gasteiger partial charge in [0.1, 0.15) is 17.3 Å². The van der Waals surface area contributed by atoms with Gasteiger partial charge in [0, 0.05) is 32.1 Å². The van der Waals surface area contributed by atoms with Crippen LogP contribution in [0.15, 0.2) is 18.3 Å². The molecule has 0 N–H and O–H groups in total. The summed E-state index contributed by atoms with van der Waals surface area (Å²) in [4.78, 5) is 17.2. The van der Waals surface area contributed by atoms with Gasteiger partial charge in [-0.2, -0.15) is 13.2 Å². The predicted molar refractivity (Wildman–Crippen MR) is 80.7 cm³/mol. The Labute approximate surface area is 138 Å². The molecule has 0 atom stereocenters. The van der Waals surface area contributed by atoms with Gasteiger partial charge in [0.15, 0.2) is 0 Å². The highest BCUT2D eigenvalue weighted by atomic mass is 19.4. The molecule has 0 aromatic carbocycles. The lowest BCUT2D eigenvalue weighted by Gasteiger charge is -2.33. The number of piperidine rings is 1. The fourth-order valence-corrected chi connectivity index (χ4v) is 2.34. The molecule has 1 saturated heterocycles. The Hall–Kier alpha value is -1.99. The Balaban J connectivity index is 1.94. The molecule has 0 saturated carbocycles. The van der Waals surface area contributed by atoms with E-state index in [4.69, 9.17) is 9.47 Å². The first kappa shape index (κ1) is 18.4. The van der Waals surface area contributed by atoms with Crippen molar-refractivity contribution in [2.45, 2.75) is 51.5 Å². The lowest BCUT2D eigenvalue weighted by atomic mass is 10.1. The number of carbonyl (C=O) groups is 1. The fourth-order valence-electron chi connectivity index (χ4n) is 2.34. The number of aromatic nitrogens is 1. The van der Waals surface area contributed by atoms with Crippen LogP contribution >= 0.6 is 0 Å². The van der Waals surface area contributed by atoms with Crippen molar-refractivity contribution < 1.29 is 27.4 Å². The predicted octanol–water partition coefficient (Wildman–Crippen LogP) is 3.88. The number of hydrogen-bond donors (Lipinski definition) is 0. The van der Waals surface area contributed by atoms with Crippen LogP contribution in [0.5, 0.6) is 5.88 Å². The molecule has 0 aliphatic carbocycles. The van der Waals surface area contributed by atoms with Gasteiger partial charge in [0.2, 0.25) is 5.88 Å². The molecule has 24 heavy (non-hydrogen) atoms. The van der Waals surface area contributed by atoms with Crippen LogP contribution in [0.4, 0.5) is 18.0 Å². The van der Waals surface area contributed by atoms with Gasteiger partial charge in [0.05, 0.1) is 0 Å². The van der Waals surface area contributed by atoms with E-state index in [1.165, 1.54) is 17.2 Å². The topological polar surface area (TPSA) is 51.7 Å². The van der Waals surface area contributed by atoms with Crippen molar-refractivity contribution >= 4 is 6.09 Å². The van der Waals surface area contributed by atoms with E-state index in [0.29, 0.717) is 25.9 Å². The first-order valence-corrected chi connectivity index (χ1v) is 7.73. The first-order valence-electron chi connectivity index (χ1n) is 7.73. The number of nitrogens with zero attached hydrogens (tertiary/aromatic N) is 2. The van der Waals surface area contributed by atoms with Crippen LogP contribution in [0.2, 0.25) is 0 Å². The number of alkyl halides is 3. The smallest absolute Gasteiger partial charge is 0.421 e. The highest BCUT2D eigenvalue weighted by molar-refractivity contribution is 5.68. The molecule has 0 unspecified atom stereocenters. The van der Waals surface area contributed by atoms with Gasteiger partial charge in [-0.3, -0.25) is 0 Å². The van der Waals surface area contributed by atoms with Crippen LogP contribution in [0.3, 0.4) is 0 Å². The standard InChI is InChI=1S/C16H21F3N2O3/c1-15(2,3)24-14(22)21-9-6-11(7-10-21)23-13-12(16(17,18)19)5-4-8-20-13/h4-5,8,11H,6-7,9-10H2,1-3H3. The van der Waals surface area contributed by atoms with E-state index in [1.54, 1.807) is 20.8 Å². The second kappa shape index (κ2) is 6.86. The number of likely N-dealkylation sites (tertiary alicyclic amines) is 1. The van der Waals surface area contributed by atoms with Gasteiger partial charge in [-0.05, 0) is 32.9 Å². The lowest BCUT2D eigenvalue weighted by Crippen LogP contribution is -2.44. The maximum absolute atomic E-state index is 12.9. The Morgan fingerprint density at radius 3 is 2.42 bits per heavy atom. The van der Waals surface area contributed by atoms with Crippen LogP contribution in [0, 0.1) is 0 Å². The molecule has 1 aromatic heterocycles. The third-order valence-electron chi connectivity index (χ3n) is 3.45. The van der Waals surface area contributed by atoms with E-state index < -0.39 is 35.4 Å². The third kappa shape index (κ3) is 5.01. The molecule has 0 spiro atoms. The van der Waals surface area contributed by atoms with E-state index in [9.17, 15) is 18.0 Å². The van der Waals surface area contributed by atoms with E-state index in [0.717, 1.165) is 6.07 Å². The molecule has 0 radical (unpaired) electrons. The number of halogens is 3. The summed E-state index contributed by atoms with van der Waals surface area (Å²) in [6.45, 7) is 6.07. The summed E-state index contributed by atoms with van der Waals surface area (Å²) in [5.41, 5.74) is -1.47. The van der Waals surface area contributed by atoms with Crippen LogP contribution in [-0.4, -0.2) is 40.8 Å². The molecule has 1 amide bonds. The van der Waals surface area contributed by atoms with Crippen molar-refractivity contribution in [1.29, 1.82) is 0 Å². The van der Waals surface area contributed by atoms with Crippen LogP contribution in [0.1, 0.15) is 39.2 Å². The van der Waals surface area contributed by atoms with E-state index in [2.05, 4.69) is 4.98 Å². The van der Waals surface area contributed by atoms with E-state index in [-0.39, 0.29) is 0 Å². The molecule has 0 bridgehead atoms. The Bertz CT molecular complexity index is 577. The molecule has 1 fully saturated rings. The Morgan fingerprint density at radius 1 is 1.25 bits per heavy atom. The maximum atomic E-state index is 12.9. The fraction of sp³-hybridized carbons (Fsp3) is 0.625. The maximum Gasteiger partial charge on any atom is 0.421 e. The molecular formula is C16H21F3N2O3. The number of hydrogen-bond acceptors (Lipinski definition) is 4. The largest absolute Gasteiger partial charge is 0.474 e. The van der Waals surface area contributed by atoms with Crippen molar-refractivity contribution in [3.63, 3.8) is 0 Å². The monoisotopic (exact) mass is 346 g/mol. The minimum absolute atomic E-state index is 0.369. The van der Waals surface area contributed by atoms with Gasteiger partial charge in [-0.25, -0.2) is 9.78 Å². The zero-order valence-corrected chi connectivity index (χ0v) is 13.9. The van der Waals surface area contributed by atoms with Crippen molar-refractivity contribution in [2.75, 3.05) is 13.1 Å². The molecule has 5 nitrogen and oxygen atoms in total. The Kier molecular flexibility index (Phi) is 5.25. The molecule has 1 aliphatic heterocycles. The molecule has 8 heteroatoms. The van der Waals surface area contributed by atoms with Gasteiger partial charge >= 0.3 is 12.3 Å². The highest BCUT2D eigenvalue weighted by Crippen LogP contribution is 2.35. The second-order valence-electron chi connectivity index (χ2n) is 6.64. The second-order valence-corrected chi connectivity index (χ2v) is 6.64.